The first-order chi connectivity index (χ1) is 10.6. The number of hydrogen-bond donors (Lipinski definition) is 1. The fourth-order valence-corrected chi connectivity index (χ4v) is 2.29. The number of ether oxygens (including phenoxy) is 2. The van der Waals surface area contributed by atoms with E-state index >= 15 is 0 Å². The van der Waals surface area contributed by atoms with Gasteiger partial charge in [-0.25, -0.2) is 0 Å². The molecule has 0 spiro atoms. The number of hydrogen-bond acceptors (Lipinski definition) is 3. The molecule has 114 valence electrons. The molecule has 4 nitrogen and oxygen atoms in total. The van der Waals surface area contributed by atoms with Gasteiger partial charge in [-0.3, -0.25) is 4.79 Å². The molecule has 0 heterocycles. The molecule has 0 aromatic heterocycles. The lowest BCUT2D eigenvalue weighted by Gasteiger charge is -2.09. The maximum atomic E-state index is 12.0. The van der Waals surface area contributed by atoms with E-state index in [4.69, 9.17) is 9.47 Å². The quantitative estimate of drug-likeness (QED) is 0.814. The summed E-state index contributed by atoms with van der Waals surface area (Å²) in [7, 11) is 3.12. The van der Waals surface area contributed by atoms with E-state index in [0.717, 1.165) is 10.0 Å². The maximum Gasteiger partial charge on any atom is 0.248 e. The van der Waals surface area contributed by atoms with Crippen LogP contribution in [0.3, 0.4) is 0 Å². The molecular weight excluding hydrogens is 346 g/mol. The smallest absolute Gasteiger partial charge is 0.248 e. The highest BCUT2D eigenvalue weighted by Crippen LogP contribution is 2.29. The topological polar surface area (TPSA) is 47.6 Å². The molecule has 0 unspecified atom stereocenters. The number of amides is 1. The normalized spacial score (nSPS) is 10.5. The Bertz CT molecular complexity index is 698. The van der Waals surface area contributed by atoms with Crippen molar-refractivity contribution in [1.82, 2.24) is 0 Å². The zero-order valence-corrected chi connectivity index (χ0v) is 13.9. The molecule has 2 aromatic rings. The van der Waals surface area contributed by atoms with E-state index in [0.29, 0.717) is 17.2 Å². The van der Waals surface area contributed by atoms with Crippen molar-refractivity contribution in [3.05, 3.63) is 58.6 Å². The van der Waals surface area contributed by atoms with Gasteiger partial charge in [0.25, 0.3) is 0 Å². The van der Waals surface area contributed by atoms with Crippen LogP contribution in [0.4, 0.5) is 5.69 Å². The zero-order chi connectivity index (χ0) is 15.9. The van der Waals surface area contributed by atoms with Gasteiger partial charge in [0.1, 0.15) is 0 Å². The Kier molecular flexibility index (Phi) is 5.61. The van der Waals surface area contributed by atoms with Crippen LogP contribution in [0.5, 0.6) is 11.5 Å². The second-order valence-electron chi connectivity index (χ2n) is 4.41. The number of nitrogens with one attached hydrogen (secondary N) is 1. The van der Waals surface area contributed by atoms with Crippen LogP contribution in [0.1, 0.15) is 5.56 Å². The van der Waals surface area contributed by atoms with Crippen LogP contribution in [0.15, 0.2) is 53.0 Å². The van der Waals surface area contributed by atoms with Gasteiger partial charge < -0.3 is 14.8 Å². The number of methoxy groups -OCH3 is 2. The Hall–Kier alpha value is -2.27. The Morgan fingerprint density at radius 2 is 1.82 bits per heavy atom. The number of anilines is 1. The molecule has 1 N–H and O–H groups in total. The van der Waals surface area contributed by atoms with Gasteiger partial charge in [0.2, 0.25) is 5.91 Å². The van der Waals surface area contributed by atoms with Crippen molar-refractivity contribution in [2.75, 3.05) is 19.5 Å². The summed E-state index contributed by atoms with van der Waals surface area (Å²) >= 11 is 3.43. The molecule has 0 aliphatic rings. The van der Waals surface area contributed by atoms with E-state index in [1.165, 1.54) is 6.08 Å². The second kappa shape index (κ2) is 7.66. The van der Waals surface area contributed by atoms with Crippen LogP contribution in [0, 0.1) is 0 Å². The van der Waals surface area contributed by atoms with Gasteiger partial charge in [0.15, 0.2) is 11.5 Å². The van der Waals surface area contributed by atoms with Crippen molar-refractivity contribution in [2.24, 2.45) is 0 Å². The van der Waals surface area contributed by atoms with E-state index < -0.39 is 0 Å². The van der Waals surface area contributed by atoms with Crippen LogP contribution < -0.4 is 14.8 Å². The summed E-state index contributed by atoms with van der Waals surface area (Å²) in [6.07, 6.45) is 3.23. The highest BCUT2D eigenvalue weighted by molar-refractivity contribution is 9.10. The highest BCUT2D eigenvalue weighted by Gasteiger charge is 2.06. The van der Waals surface area contributed by atoms with Crippen LogP contribution in [-0.2, 0) is 4.79 Å². The Balaban J connectivity index is 2.08. The van der Waals surface area contributed by atoms with Gasteiger partial charge in [0, 0.05) is 22.3 Å². The second-order valence-corrected chi connectivity index (χ2v) is 5.27. The lowest BCUT2D eigenvalue weighted by molar-refractivity contribution is -0.111. The van der Waals surface area contributed by atoms with Gasteiger partial charge in [0.05, 0.1) is 14.2 Å². The fourth-order valence-electron chi connectivity index (χ4n) is 1.87. The molecule has 0 radical (unpaired) electrons. The highest BCUT2D eigenvalue weighted by atomic mass is 79.9. The molecular formula is C17H16BrNO3. The van der Waals surface area contributed by atoms with Crippen molar-refractivity contribution in [3.8, 4) is 11.5 Å². The molecule has 22 heavy (non-hydrogen) atoms. The molecule has 0 aliphatic heterocycles. The van der Waals surface area contributed by atoms with Crippen LogP contribution >= 0.6 is 15.9 Å². The van der Waals surface area contributed by atoms with E-state index in [-0.39, 0.29) is 5.91 Å². The minimum Gasteiger partial charge on any atom is -0.493 e. The third-order valence-electron chi connectivity index (χ3n) is 2.97. The Morgan fingerprint density at radius 3 is 2.50 bits per heavy atom. The van der Waals surface area contributed by atoms with Gasteiger partial charge in [-0.2, -0.15) is 0 Å². The first-order valence-electron chi connectivity index (χ1n) is 6.59. The lowest BCUT2D eigenvalue weighted by atomic mass is 10.2. The van der Waals surface area contributed by atoms with Crippen molar-refractivity contribution in [1.29, 1.82) is 0 Å². The average molecular weight is 362 g/mol. The van der Waals surface area contributed by atoms with Gasteiger partial charge >= 0.3 is 0 Å². The molecule has 0 atom stereocenters. The van der Waals surface area contributed by atoms with Crippen molar-refractivity contribution < 1.29 is 14.3 Å². The lowest BCUT2D eigenvalue weighted by Crippen LogP contribution is -2.08. The largest absolute Gasteiger partial charge is 0.493 e. The standard InChI is InChI=1S/C17H16BrNO3/c1-21-15-9-8-13(11-16(15)22-2)19-17(20)10-7-12-5-3-4-6-14(12)18/h3-11H,1-2H3,(H,19,20)/b10-7+. The van der Waals surface area contributed by atoms with E-state index in [2.05, 4.69) is 21.2 Å². The number of carbonyl (C=O) groups excluding carboxylic acids is 1. The summed E-state index contributed by atoms with van der Waals surface area (Å²) in [5.74, 6) is 0.960. The first kappa shape index (κ1) is 16.1. The summed E-state index contributed by atoms with van der Waals surface area (Å²) in [4.78, 5) is 12.0. The van der Waals surface area contributed by atoms with Crippen molar-refractivity contribution in [2.45, 2.75) is 0 Å². The summed E-state index contributed by atoms with van der Waals surface area (Å²) in [6.45, 7) is 0. The third-order valence-corrected chi connectivity index (χ3v) is 3.69. The SMILES string of the molecule is COc1ccc(NC(=O)/C=C/c2ccccc2Br)cc1OC. The van der Waals surface area contributed by atoms with Crippen LogP contribution in [0.2, 0.25) is 0 Å². The summed E-state index contributed by atoms with van der Waals surface area (Å²) in [6, 6.07) is 12.9. The fraction of sp³-hybridized carbons (Fsp3) is 0.118. The van der Waals surface area contributed by atoms with Crippen LogP contribution in [-0.4, -0.2) is 20.1 Å². The van der Waals surface area contributed by atoms with Gasteiger partial charge in [-0.05, 0) is 29.8 Å². The zero-order valence-electron chi connectivity index (χ0n) is 12.3. The average Bonchev–Trinajstić information content (AvgIpc) is 2.54. The predicted molar refractivity (Wildman–Crippen MR) is 91.4 cm³/mol. The number of carbonyl (C=O) groups is 1. The summed E-state index contributed by atoms with van der Waals surface area (Å²) < 4.78 is 11.3. The van der Waals surface area contributed by atoms with E-state index in [1.54, 1.807) is 38.5 Å². The van der Waals surface area contributed by atoms with Crippen LogP contribution in [0.25, 0.3) is 6.08 Å². The Morgan fingerprint density at radius 1 is 1.09 bits per heavy atom. The van der Waals surface area contributed by atoms with Gasteiger partial charge in [-0.15, -0.1) is 0 Å². The number of benzene rings is 2. The molecule has 0 saturated heterocycles. The van der Waals surface area contributed by atoms with Crippen molar-refractivity contribution >= 4 is 33.6 Å². The minimum atomic E-state index is -0.219. The predicted octanol–water partition coefficient (Wildman–Crippen LogP) is 4.12. The molecule has 2 rings (SSSR count). The molecule has 0 saturated carbocycles. The van der Waals surface area contributed by atoms with E-state index in [9.17, 15) is 4.79 Å². The molecule has 2 aromatic carbocycles. The van der Waals surface area contributed by atoms with Crippen molar-refractivity contribution in [3.63, 3.8) is 0 Å². The molecule has 0 fully saturated rings. The Labute approximate surface area is 137 Å². The first-order valence-corrected chi connectivity index (χ1v) is 7.39. The number of halogens is 1. The third kappa shape index (κ3) is 4.11. The summed E-state index contributed by atoms with van der Waals surface area (Å²) in [5, 5.41) is 2.78. The maximum absolute atomic E-state index is 12.0. The minimum absolute atomic E-state index is 0.219. The van der Waals surface area contributed by atoms with E-state index in [1.807, 2.05) is 24.3 Å². The molecule has 5 heteroatoms. The molecule has 1 amide bonds. The summed E-state index contributed by atoms with van der Waals surface area (Å²) in [5.41, 5.74) is 1.57. The number of rotatable bonds is 5. The van der Waals surface area contributed by atoms with Gasteiger partial charge in [-0.1, -0.05) is 34.1 Å². The molecule has 0 aliphatic carbocycles. The molecule has 0 bridgehead atoms. The monoisotopic (exact) mass is 361 g/mol.